The molecule has 0 atom stereocenters. The van der Waals surface area contributed by atoms with E-state index >= 15 is 0 Å². The Hall–Kier alpha value is -1.26. The zero-order chi connectivity index (χ0) is 14.6. The second kappa shape index (κ2) is 6.26. The van der Waals surface area contributed by atoms with Crippen LogP contribution in [0.25, 0.3) is 0 Å². The molecule has 0 saturated carbocycles. The van der Waals surface area contributed by atoms with Crippen LogP contribution in [-0.4, -0.2) is 38.3 Å². The number of ether oxygens (including phenoxy) is 2. The van der Waals surface area contributed by atoms with Crippen LogP contribution in [0.15, 0.2) is 12.1 Å². The minimum Gasteiger partial charge on any atom is -0.493 e. The molecule has 19 heavy (non-hydrogen) atoms. The topological polar surface area (TPSA) is 47.7 Å². The molecule has 0 bridgehead atoms. The summed E-state index contributed by atoms with van der Waals surface area (Å²) in [6.07, 6.45) is 0. The van der Waals surface area contributed by atoms with Crippen LogP contribution in [0.3, 0.4) is 0 Å². The Morgan fingerprint density at radius 2 is 1.68 bits per heavy atom. The Balaban J connectivity index is 3.02. The molecule has 0 spiro atoms. The Morgan fingerprint density at radius 3 is 2.16 bits per heavy atom. The highest BCUT2D eigenvalue weighted by Crippen LogP contribution is 2.31. The van der Waals surface area contributed by atoms with Gasteiger partial charge in [0, 0.05) is 18.6 Å². The molecule has 0 aliphatic rings. The Morgan fingerprint density at radius 1 is 1.16 bits per heavy atom. The van der Waals surface area contributed by atoms with Gasteiger partial charge in [-0.2, -0.15) is 0 Å². The Bertz CT molecular complexity index is 430. The van der Waals surface area contributed by atoms with Crippen LogP contribution in [0.1, 0.15) is 25.0 Å². The monoisotopic (exact) mass is 266 g/mol. The second-order valence-electron chi connectivity index (χ2n) is 5.51. The van der Waals surface area contributed by atoms with Gasteiger partial charge in [0.2, 0.25) is 0 Å². The number of methoxy groups -OCH3 is 2. The first kappa shape index (κ1) is 15.8. The summed E-state index contributed by atoms with van der Waals surface area (Å²) in [5.74, 6) is 1.53. The summed E-state index contributed by atoms with van der Waals surface area (Å²) in [4.78, 5) is 2.25. The Kier molecular flexibility index (Phi) is 5.20. The Labute approximate surface area is 116 Å². The minimum absolute atomic E-state index is 0.0282. The first-order valence-corrected chi connectivity index (χ1v) is 6.48. The van der Waals surface area contributed by atoms with Crippen molar-refractivity contribution in [3.05, 3.63) is 23.3 Å². The summed E-state index contributed by atoms with van der Waals surface area (Å²) >= 11 is 0. The van der Waals surface area contributed by atoms with Crippen LogP contribution in [0, 0.1) is 6.92 Å². The van der Waals surface area contributed by atoms with E-state index in [1.165, 1.54) is 11.1 Å². The van der Waals surface area contributed by atoms with Crippen molar-refractivity contribution in [3.63, 3.8) is 0 Å². The molecule has 108 valence electrons. The lowest BCUT2D eigenvalue weighted by Gasteiger charge is -2.35. The highest BCUT2D eigenvalue weighted by molar-refractivity contribution is 5.47. The van der Waals surface area contributed by atoms with E-state index in [-0.39, 0.29) is 5.54 Å². The molecule has 1 aromatic carbocycles. The summed E-state index contributed by atoms with van der Waals surface area (Å²) in [7, 11) is 5.40. The lowest BCUT2D eigenvalue weighted by atomic mass is 10.0. The van der Waals surface area contributed by atoms with Gasteiger partial charge in [0.25, 0.3) is 0 Å². The third-order valence-corrected chi connectivity index (χ3v) is 3.78. The predicted octanol–water partition coefficient (Wildman–Crippen LogP) is 2.18. The molecule has 4 nitrogen and oxygen atoms in total. The van der Waals surface area contributed by atoms with Crippen LogP contribution in [0.5, 0.6) is 11.5 Å². The molecule has 0 heterocycles. The van der Waals surface area contributed by atoms with Crippen molar-refractivity contribution in [2.45, 2.75) is 32.9 Å². The SMILES string of the molecule is COc1cc(C)c(CN(C)C(C)(C)CN)cc1OC. The molecule has 0 aliphatic carbocycles. The molecule has 0 aromatic heterocycles. The van der Waals surface area contributed by atoms with Gasteiger partial charge in [-0.3, -0.25) is 4.90 Å². The highest BCUT2D eigenvalue weighted by atomic mass is 16.5. The van der Waals surface area contributed by atoms with Gasteiger partial charge in [0.15, 0.2) is 11.5 Å². The van der Waals surface area contributed by atoms with Gasteiger partial charge in [-0.1, -0.05) is 0 Å². The molecule has 0 aliphatic heterocycles. The first-order valence-electron chi connectivity index (χ1n) is 6.48. The van der Waals surface area contributed by atoms with Gasteiger partial charge >= 0.3 is 0 Å². The fourth-order valence-corrected chi connectivity index (χ4v) is 1.82. The van der Waals surface area contributed by atoms with Crippen LogP contribution < -0.4 is 15.2 Å². The lowest BCUT2D eigenvalue weighted by molar-refractivity contribution is 0.155. The maximum absolute atomic E-state index is 5.81. The minimum atomic E-state index is -0.0282. The van der Waals surface area contributed by atoms with Crippen LogP contribution in [0.2, 0.25) is 0 Å². The van der Waals surface area contributed by atoms with E-state index in [0.717, 1.165) is 18.0 Å². The van der Waals surface area contributed by atoms with Crippen LogP contribution in [0.4, 0.5) is 0 Å². The van der Waals surface area contributed by atoms with E-state index in [9.17, 15) is 0 Å². The van der Waals surface area contributed by atoms with E-state index in [4.69, 9.17) is 15.2 Å². The van der Waals surface area contributed by atoms with Gasteiger partial charge in [-0.15, -0.1) is 0 Å². The van der Waals surface area contributed by atoms with Crippen molar-refractivity contribution in [2.24, 2.45) is 5.73 Å². The van der Waals surface area contributed by atoms with E-state index in [1.54, 1.807) is 14.2 Å². The third kappa shape index (κ3) is 3.61. The second-order valence-corrected chi connectivity index (χ2v) is 5.51. The fraction of sp³-hybridized carbons (Fsp3) is 0.600. The number of aryl methyl sites for hydroxylation is 1. The largest absolute Gasteiger partial charge is 0.493 e. The molecular weight excluding hydrogens is 240 g/mol. The van der Waals surface area contributed by atoms with Crippen molar-refractivity contribution in [3.8, 4) is 11.5 Å². The summed E-state index contributed by atoms with van der Waals surface area (Å²) in [5, 5.41) is 0. The molecule has 1 rings (SSSR count). The van der Waals surface area contributed by atoms with Gasteiger partial charge < -0.3 is 15.2 Å². The maximum Gasteiger partial charge on any atom is 0.161 e. The molecule has 0 amide bonds. The van der Waals surface area contributed by atoms with Crippen molar-refractivity contribution in [2.75, 3.05) is 27.8 Å². The average Bonchev–Trinajstić information content (AvgIpc) is 2.40. The van der Waals surface area contributed by atoms with Crippen molar-refractivity contribution < 1.29 is 9.47 Å². The first-order chi connectivity index (χ1) is 8.85. The number of rotatable bonds is 6. The predicted molar refractivity (Wildman–Crippen MR) is 78.9 cm³/mol. The van der Waals surface area contributed by atoms with E-state index in [0.29, 0.717) is 6.54 Å². The van der Waals surface area contributed by atoms with Gasteiger partial charge in [-0.05, 0) is 51.1 Å². The number of hydrogen-bond acceptors (Lipinski definition) is 4. The quantitative estimate of drug-likeness (QED) is 0.857. The van der Waals surface area contributed by atoms with E-state index in [2.05, 4.69) is 32.7 Å². The van der Waals surface area contributed by atoms with Crippen LogP contribution in [-0.2, 0) is 6.54 Å². The third-order valence-electron chi connectivity index (χ3n) is 3.78. The van der Waals surface area contributed by atoms with E-state index < -0.39 is 0 Å². The van der Waals surface area contributed by atoms with Crippen LogP contribution >= 0.6 is 0 Å². The van der Waals surface area contributed by atoms with Crippen molar-refractivity contribution in [1.82, 2.24) is 4.90 Å². The average molecular weight is 266 g/mol. The zero-order valence-electron chi connectivity index (χ0n) is 12.9. The summed E-state index contributed by atoms with van der Waals surface area (Å²) < 4.78 is 10.7. The molecule has 4 heteroatoms. The standard InChI is InChI=1S/C15H26N2O2/c1-11-7-13(18-5)14(19-6)8-12(11)9-17(4)15(2,3)10-16/h7-8H,9-10,16H2,1-6H3. The smallest absolute Gasteiger partial charge is 0.161 e. The maximum atomic E-state index is 5.81. The number of likely N-dealkylation sites (N-methyl/N-ethyl adjacent to an activating group) is 1. The summed E-state index contributed by atoms with van der Waals surface area (Å²) in [6.45, 7) is 7.82. The fourth-order valence-electron chi connectivity index (χ4n) is 1.82. The molecule has 0 fully saturated rings. The normalized spacial score (nSPS) is 11.8. The molecular formula is C15H26N2O2. The van der Waals surface area contributed by atoms with Gasteiger partial charge in [0.05, 0.1) is 14.2 Å². The highest BCUT2D eigenvalue weighted by Gasteiger charge is 2.22. The summed E-state index contributed by atoms with van der Waals surface area (Å²) in [5.41, 5.74) is 8.20. The number of hydrogen-bond donors (Lipinski definition) is 1. The van der Waals surface area contributed by atoms with Gasteiger partial charge in [0.1, 0.15) is 0 Å². The van der Waals surface area contributed by atoms with Crippen molar-refractivity contribution >= 4 is 0 Å². The molecule has 0 saturated heterocycles. The van der Waals surface area contributed by atoms with Gasteiger partial charge in [-0.25, -0.2) is 0 Å². The molecule has 1 aromatic rings. The number of nitrogens with zero attached hydrogens (tertiary/aromatic N) is 1. The number of nitrogens with two attached hydrogens (primary N) is 1. The molecule has 0 unspecified atom stereocenters. The van der Waals surface area contributed by atoms with E-state index in [1.807, 2.05) is 12.1 Å². The molecule has 2 N–H and O–H groups in total. The molecule has 0 radical (unpaired) electrons. The lowest BCUT2D eigenvalue weighted by Crippen LogP contribution is -2.46. The number of benzene rings is 1. The zero-order valence-corrected chi connectivity index (χ0v) is 12.9. The van der Waals surface area contributed by atoms with Crippen molar-refractivity contribution in [1.29, 1.82) is 0 Å². The summed E-state index contributed by atoms with van der Waals surface area (Å²) in [6, 6.07) is 4.05.